The summed E-state index contributed by atoms with van der Waals surface area (Å²) in [6, 6.07) is 10.9. The molecule has 0 aromatic heterocycles. The third kappa shape index (κ3) is 2.49. The summed E-state index contributed by atoms with van der Waals surface area (Å²) in [6.07, 6.45) is 3.31. The van der Waals surface area contributed by atoms with Crippen molar-refractivity contribution in [2.24, 2.45) is 5.41 Å². The minimum atomic E-state index is -0.774. The van der Waals surface area contributed by atoms with Gasteiger partial charge in [-0.25, -0.2) is 0 Å². The van der Waals surface area contributed by atoms with Crippen LogP contribution in [0.4, 0.5) is 5.69 Å². The molecule has 0 spiro atoms. The lowest BCUT2D eigenvalue weighted by atomic mass is 9.81. The third-order valence-electron chi connectivity index (χ3n) is 4.33. The van der Waals surface area contributed by atoms with Gasteiger partial charge in [0.2, 0.25) is 0 Å². The molecule has 104 valence electrons. The van der Waals surface area contributed by atoms with E-state index in [-0.39, 0.29) is 0 Å². The van der Waals surface area contributed by atoms with Crippen LogP contribution in [0.5, 0.6) is 0 Å². The van der Waals surface area contributed by atoms with E-state index in [0.29, 0.717) is 12.8 Å². The largest absolute Gasteiger partial charge is 0.371 e. The smallest absolute Gasteiger partial charge is 0.147 e. The molecule has 1 aromatic rings. The van der Waals surface area contributed by atoms with Gasteiger partial charge in [0.1, 0.15) is 5.41 Å². The van der Waals surface area contributed by atoms with Gasteiger partial charge in [-0.3, -0.25) is 0 Å². The quantitative estimate of drug-likeness (QED) is 0.843. The summed E-state index contributed by atoms with van der Waals surface area (Å²) in [5, 5.41) is 18.4. The first kappa shape index (κ1) is 14.4. The van der Waals surface area contributed by atoms with Gasteiger partial charge in [0.05, 0.1) is 12.1 Å². The normalized spacial score (nSPS) is 17.3. The van der Waals surface area contributed by atoms with Crippen molar-refractivity contribution in [1.29, 1.82) is 10.5 Å². The first-order valence-electron chi connectivity index (χ1n) is 7.38. The van der Waals surface area contributed by atoms with Crippen molar-refractivity contribution in [1.82, 2.24) is 0 Å². The molecule has 1 aromatic carbocycles. The molecular weight excluding hydrogens is 246 g/mol. The first-order chi connectivity index (χ1) is 9.69. The Morgan fingerprint density at radius 2 is 1.55 bits per heavy atom. The molecule has 1 aliphatic heterocycles. The Hall–Kier alpha value is -2.00. The van der Waals surface area contributed by atoms with Gasteiger partial charge in [0, 0.05) is 18.8 Å². The summed E-state index contributed by atoms with van der Waals surface area (Å²) < 4.78 is 0. The van der Waals surface area contributed by atoms with E-state index < -0.39 is 5.41 Å². The number of nitriles is 2. The molecule has 0 atom stereocenters. The highest BCUT2D eigenvalue weighted by molar-refractivity contribution is 5.60. The van der Waals surface area contributed by atoms with Gasteiger partial charge in [-0.2, -0.15) is 10.5 Å². The molecule has 20 heavy (non-hydrogen) atoms. The molecule has 0 N–H and O–H groups in total. The number of piperidine rings is 1. The van der Waals surface area contributed by atoms with Crippen molar-refractivity contribution in [2.45, 2.75) is 39.5 Å². The summed E-state index contributed by atoms with van der Waals surface area (Å²) in [5.74, 6) is 0. The highest BCUT2D eigenvalue weighted by atomic mass is 15.1. The molecule has 0 bridgehead atoms. The topological polar surface area (TPSA) is 50.8 Å². The Morgan fingerprint density at radius 1 is 1.05 bits per heavy atom. The van der Waals surface area contributed by atoms with Crippen LogP contribution in [0.15, 0.2) is 18.2 Å². The number of para-hydroxylation sites is 1. The highest BCUT2D eigenvalue weighted by Crippen LogP contribution is 2.35. The monoisotopic (exact) mass is 267 g/mol. The van der Waals surface area contributed by atoms with E-state index in [1.54, 1.807) is 0 Å². The Morgan fingerprint density at radius 3 is 1.95 bits per heavy atom. The van der Waals surface area contributed by atoms with Gasteiger partial charge in [0.25, 0.3) is 0 Å². The maximum Gasteiger partial charge on any atom is 0.147 e. The van der Waals surface area contributed by atoms with Crippen LogP contribution in [0, 0.1) is 28.1 Å². The molecule has 0 radical (unpaired) electrons. The summed E-state index contributed by atoms with van der Waals surface area (Å²) in [7, 11) is 0. The lowest BCUT2D eigenvalue weighted by Crippen LogP contribution is -2.39. The van der Waals surface area contributed by atoms with E-state index in [1.165, 1.54) is 16.8 Å². The van der Waals surface area contributed by atoms with E-state index >= 15 is 0 Å². The Bertz CT molecular complexity index is 516. The second-order valence-corrected chi connectivity index (χ2v) is 5.42. The van der Waals surface area contributed by atoms with Crippen molar-refractivity contribution in [3.8, 4) is 12.1 Å². The van der Waals surface area contributed by atoms with Crippen LogP contribution in [0.25, 0.3) is 0 Å². The molecule has 1 heterocycles. The number of anilines is 1. The molecule has 3 heteroatoms. The van der Waals surface area contributed by atoms with Crippen LogP contribution in [0.3, 0.4) is 0 Å². The maximum absolute atomic E-state index is 9.21. The first-order valence-corrected chi connectivity index (χ1v) is 7.38. The zero-order valence-corrected chi connectivity index (χ0v) is 12.3. The van der Waals surface area contributed by atoms with Gasteiger partial charge in [-0.1, -0.05) is 32.0 Å². The van der Waals surface area contributed by atoms with E-state index in [4.69, 9.17) is 0 Å². The molecule has 0 unspecified atom stereocenters. The Kier molecular flexibility index (Phi) is 4.30. The number of hydrogen-bond donors (Lipinski definition) is 0. The second-order valence-electron chi connectivity index (χ2n) is 5.42. The van der Waals surface area contributed by atoms with Crippen LogP contribution in [-0.4, -0.2) is 13.1 Å². The van der Waals surface area contributed by atoms with Gasteiger partial charge in [-0.05, 0) is 36.8 Å². The highest BCUT2D eigenvalue weighted by Gasteiger charge is 2.35. The van der Waals surface area contributed by atoms with Crippen molar-refractivity contribution >= 4 is 5.69 Å². The Balaban J connectivity index is 2.28. The number of rotatable bonds is 3. The predicted molar refractivity (Wildman–Crippen MR) is 80.3 cm³/mol. The van der Waals surface area contributed by atoms with Crippen LogP contribution >= 0.6 is 0 Å². The zero-order chi connectivity index (χ0) is 14.6. The molecule has 1 fully saturated rings. The number of hydrogen-bond acceptors (Lipinski definition) is 3. The van der Waals surface area contributed by atoms with Gasteiger partial charge < -0.3 is 4.90 Å². The summed E-state index contributed by atoms with van der Waals surface area (Å²) in [6.45, 7) is 5.95. The van der Waals surface area contributed by atoms with Crippen LogP contribution in [-0.2, 0) is 12.8 Å². The fourth-order valence-corrected chi connectivity index (χ4v) is 2.98. The average Bonchev–Trinajstić information content (AvgIpc) is 2.54. The summed E-state index contributed by atoms with van der Waals surface area (Å²) in [5.41, 5.74) is 3.29. The van der Waals surface area contributed by atoms with Crippen LogP contribution in [0.2, 0.25) is 0 Å². The van der Waals surface area contributed by atoms with Gasteiger partial charge in [0.15, 0.2) is 0 Å². The van der Waals surface area contributed by atoms with Crippen molar-refractivity contribution in [3.05, 3.63) is 29.3 Å². The molecule has 1 aliphatic rings. The van der Waals surface area contributed by atoms with Gasteiger partial charge >= 0.3 is 0 Å². The van der Waals surface area contributed by atoms with E-state index in [1.807, 2.05) is 0 Å². The van der Waals surface area contributed by atoms with Crippen molar-refractivity contribution < 1.29 is 0 Å². The minimum Gasteiger partial charge on any atom is -0.371 e. The molecule has 1 saturated heterocycles. The number of aryl methyl sites for hydroxylation is 2. The number of nitrogens with zero attached hydrogens (tertiary/aromatic N) is 3. The maximum atomic E-state index is 9.21. The molecule has 2 rings (SSSR count). The second kappa shape index (κ2) is 5.97. The van der Waals surface area contributed by atoms with E-state index in [0.717, 1.165) is 25.9 Å². The van der Waals surface area contributed by atoms with E-state index in [2.05, 4.69) is 49.1 Å². The van der Waals surface area contributed by atoms with Gasteiger partial charge in [-0.15, -0.1) is 0 Å². The molecular formula is C17H21N3. The van der Waals surface area contributed by atoms with Crippen molar-refractivity contribution in [3.63, 3.8) is 0 Å². The predicted octanol–water partition coefficient (Wildman–Crippen LogP) is 3.45. The fourth-order valence-electron chi connectivity index (χ4n) is 2.98. The zero-order valence-electron chi connectivity index (χ0n) is 12.3. The van der Waals surface area contributed by atoms with Crippen LogP contribution in [0.1, 0.15) is 37.8 Å². The third-order valence-corrected chi connectivity index (χ3v) is 4.33. The molecule has 0 amide bonds. The minimum absolute atomic E-state index is 0.640. The fraction of sp³-hybridized carbons (Fsp3) is 0.529. The lowest BCUT2D eigenvalue weighted by molar-refractivity contribution is 0.393. The summed E-state index contributed by atoms with van der Waals surface area (Å²) in [4.78, 5) is 2.37. The molecule has 0 aliphatic carbocycles. The molecule has 0 saturated carbocycles. The van der Waals surface area contributed by atoms with Crippen LogP contribution < -0.4 is 4.90 Å². The summed E-state index contributed by atoms with van der Waals surface area (Å²) >= 11 is 0. The Labute approximate surface area is 121 Å². The van der Waals surface area contributed by atoms with Crippen molar-refractivity contribution in [2.75, 3.05) is 18.0 Å². The van der Waals surface area contributed by atoms with E-state index in [9.17, 15) is 10.5 Å². The SMILES string of the molecule is CCc1cccc(CC)c1N1CCC(C#N)(C#N)CC1. The molecule has 3 nitrogen and oxygen atoms in total. The lowest BCUT2D eigenvalue weighted by Gasteiger charge is -2.37. The average molecular weight is 267 g/mol. The standard InChI is InChI=1S/C17H21N3/c1-3-14-6-5-7-15(4-2)16(14)20-10-8-17(12-18,13-19)9-11-20/h5-7H,3-4,8-11H2,1-2H3. The number of benzene rings is 1.